The fraction of sp³-hybridized carbons (Fsp3) is 0.333. The number of aromatic nitrogens is 2. The topological polar surface area (TPSA) is 25.8 Å². The Morgan fingerprint density at radius 3 is 2.22 bits per heavy atom. The summed E-state index contributed by atoms with van der Waals surface area (Å²) in [5, 5.41) is 0.552. The Bertz CT molecular complexity index is 547. The van der Waals surface area contributed by atoms with Crippen LogP contribution in [0.3, 0.4) is 0 Å². The van der Waals surface area contributed by atoms with Gasteiger partial charge in [-0.25, -0.2) is 9.97 Å². The molecule has 2 nitrogen and oxygen atoms in total. The van der Waals surface area contributed by atoms with Crippen LogP contribution in [-0.4, -0.2) is 9.97 Å². The van der Waals surface area contributed by atoms with Crippen molar-refractivity contribution >= 4 is 11.6 Å². The minimum Gasteiger partial charge on any atom is -0.233 e. The Morgan fingerprint density at radius 1 is 1.00 bits per heavy atom. The van der Waals surface area contributed by atoms with Gasteiger partial charge in [-0.3, -0.25) is 0 Å². The van der Waals surface area contributed by atoms with Gasteiger partial charge in [0.1, 0.15) is 11.0 Å². The largest absolute Gasteiger partial charge is 0.233 e. The highest BCUT2D eigenvalue weighted by molar-refractivity contribution is 6.30. The van der Waals surface area contributed by atoms with E-state index in [9.17, 15) is 0 Å². The molecule has 1 heterocycles. The molecule has 3 heteroatoms. The normalized spacial score (nSPS) is 10.7. The van der Waals surface area contributed by atoms with Gasteiger partial charge in [-0.15, -0.1) is 0 Å². The van der Waals surface area contributed by atoms with Crippen molar-refractivity contribution in [1.82, 2.24) is 9.97 Å². The highest BCUT2D eigenvalue weighted by atomic mass is 35.5. The van der Waals surface area contributed by atoms with Crippen LogP contribution in [0.4, 0.5) is 0 Å². The number of hydrogen-bond donors (Lipinski definition) is 0. The summed E-state index contributed by atoms with van der Waals surface area (Å²) in [6.07, 6.45) is 1.84. The van der Waals surface area contributed by atoms with Gasteiger partial charge in [0.25, 0.3) is 0 Å². The molecule has 0 radical (unpaired) electrons. The highest BCUT2D eigenvalue weighted by Gasteiger charge is 2.10. The summed E-state index contributed by atoms with van der Waals surface area (Å²) in [5.41, 5.74) is 4.31. The van der Waals surface area contributed by atoms with Crippen LogP contribution in [0.2, 0.25) is 5.15 Å². The van der Waals surface area contributed by atoms with Crippen LogP contribution in [0.1, 0.15) is 30.8 Å². The zero-order chi connectivity index (χ0) is 13.1. The Labute approximate surface area is 113 Å². The van der Waals surface area contributed by atoms with Crippen LogP contribution in [0.25, 0.3) is 11.3 Å². The summed E-state index contributed by atoms with van der Waals surface area (Å²) < 4.78 is 0. The summed E-state index contributed by atoms with van der Waals surface area (Å²) in [5.74, 6) is 0.792. The third-order valence-electron chi connectivity index (χ3n) is 3.08. The van der Waals surface area contributed by atoms with Gasteiger partial charge < -0.3 is 0 Å². The number of benzene rings is 1. The van der Waals surface area contributed by atoms with E-state index in [2.05, 4.69) is 41.2 Å². The van der Waals surface area contributed by atoms with Crippen LogP contribution in [-0.2, 0) is 12.8 Å². The van der Waals surface area contributed by atoms with Crippen molar-refractivity contribution in [3.8, 4) is 11.3 Å². The summed E-state index contributed by atoms with van der Waals surface area (Å²) in [7, 11) is 0. The fourth-order valence-electron chi connectivity index (χ4n) is 1.87. The van der Waals surface area contributed by atoms with Gasteiger partial charge >= 0.3 is 0 Å². The zero-order valence-corrected chi connectivity index (χ0v) is 11.8. The first-order valence-corrected chi connectivity index (χ1v) is 6.65. The average molecular weight is 261 g/mol. The maximum absolute atomic E-state index is 6.16. The molecule has 18 heavy (non-hydrogen) atoms. The maximum Gasteiger partial charge on any atom is 0.136 e. The van der Waals surface area contributed by atoms with E-state index in [0.29, 0.717) is 5.15 Å². The first-order valence-electron chi connectivity index (χ1n) is 6.28. The van der Waals surface area contributed by atoms with E-state index in [4.69, 9.17) is 11.6 Å². The molecule has 0 atom stereocenters. The van der Waals surface area contributed by atoms with E-state index >= 15 is 0 Å². The predicted octanol–water partition coefficient (Wildman–Crippen LogP) is 4.23. The number of aryl methyl sites for hydroxylation is 2. The van der Waals surface area contributed by atoms with Gasteiger partial charge in [-0.1, -0.05) is 49.7 Å². The van der Waals surface area contributed by atoms with E-state index in [1.807, 2.05) is 13.8 Å². The second-order valence-corrected chi connectivity index (χ2v) is 4.67. The van der Waals surface area contributed by atoms with Crippen LogP contribution in [0.15, 0.2) is 24.3 Å². The second-order valence-electron chi connectivity index (χ2n) is 4.31. The van der Waals surface area contributed by atoms with Gasteiger partial charge in [-0.2, -0.15) is 0 Å². The van der Waals surface area contributed by atoms with E-state index in [-0.39, 0.29) is 0 Å². The van der Waals surface area contributed by atoms with Crippen LogP contribution in [0, 0.1) is 6.92 Å². The molecule has 0 fully saturated rings. The molecule has 0 spiro atoms. The number of halogens is 1. The smallest absolute Gasteiger partial charge is 0.136 e. The number of rotatable bonds is 3. The molecule has 1 aromatic heterocycles. The van der Waals surface area contributed by atoms with Gasteiger partial charge in [-0.05, 0) is 18.9 Å². The van der Waals surface area contributed by atoms with E-state index in [1.54, 1.807) is 0 Å². The Hall–Kier alpha value is -1.41. The summed E-state index contributed by atoms with van der Waals surface area (Å²) >= 11 is 6.16. The first-order chi connectivity index (χ1) is 8.65. The van der Waals surface area contributed by atoms with Gasteiger partial charge in [0.2, 0.25) is 0 Å². The number of nitrogens with zero attached hydrogens (tertiary/aromatic N) is 2. The fourth-order valence-corrected chi connectivity index (χ4v) is 2.06. The Balaban J connectivity index is 2.51. The van der Waals surface area contributed by atoms with Crippen LogP contribution in [0.5, 0.6) is 0 Å². The Kier molecular flexibility index (Phi) is 3.97. The molecule has 94 valence electrons. The van der Waals surface area contributed by atoms with Gasteiger partial charge in [0.15, 0.2) is 0 Å². The minimum absolute atomic E-state index is 0.552. The molecule has 0 aliphatic rings. The minimum atomic E-state index is 0.552. The lowest BCUT2D eigenvalue weighted by molar-refractivity contribution is 0.934. The molecular weight excluding hydrogens is 244 g/mol. The van der Waals surface area contributed by atoms with Crippen molar-refractivity contribution in [1.29, 1.82) is 0 Å². The molecule has 0 aliphatic carbocycles. The predicted molar refractivity (Wildman–Crippen MR) is 76.0 cm³/mol. The van der Waals surface area contributed by atoms with E-state index in [1.165, 1.54) is 5.56 Å². The lowest BCUT2D eigenvalue weighted by Gasteiger charge is -2.09. The SMILES string of the molecule is CCc1ccc(-c2nc(CC)nc(Cl)c2C)cc1. The monoisotopic (exact) mass is 260 g/mol. The van der Waals surface area contributed by atoms with Gasteiger partial charge in [0.05, 0.1) is 5.69 Å². The second kappa shape index (κ2) is 5.49. The third kappa shape index (κ3) is 2.54. The number of hydrogen-bond acceptors (Lipinski definition) is 2. The van der Waals surface area contributed by atoms with Crippen molar-refractivity contribution in [3.05, 3.63) is 46.4 Å². The lowest BCUT2D eigenvalue weighted by atomic mass is 10.0. The highest BCUT2D eigenvalue weighted by Crippen LogP contribution is 2.26. The van der Waals surface area contributed by atoms with Crippen molar-refractivity contribution in [2.75, 3.05) is 0 Å². The lowest BCUT2D eigenvalue weighted by Crippen LogP contribution is -1.99. The molecule has 0 saturated heterocycles. The molecule has 0 N–H and O–H groups in total. The maximum atomic E-state index is 6.16. The van der Waals surface area contributed by atoms with Crippen molar-refractivity contribution < 1.29 is 0 Å². The summed E-state index contributed by atoms with van der Waals surface area (Å²) in [6, 6.07) is 8.47. The molecule has 0 saturated carbocycles. The standard InChI is InChI=1S/C15H17ClN2/c1-4-11-6-8-12(9-7-11)14-10(3)15(16)18-13(5-2)17-14/h6-9H,4-5H2,1-3H3. The molecule has 0 unspecified atom stereocenters. The molecule has 2 aromatic rings. The molecular formula is C15H17ClN2. The van der Waals surface area contributed by atoms with E-state index < -0.39 is 0 Å². The van der Waals surface area contributed by atoms with E-state index in [0.717, 1.165) is 35.5 Å². The molecule has 0 aliphatic heterocycles. The quantitative estimate of drug-likeness (QED) is 0.772. The van der Waals surface area contributed by atoms with Crippen LogP contribution < -0.4 is 0 Å². The molecule has 1 aromatic carbocycles. The van der Waals surface area contributed by atoms with Crippen molar-refractivity contribution in [2.24, 2.45) is 0 Å². The third-order valence-corrected chi connectivity index (χ3v) is 3.45. The van der Waals surface area contributed by atoms with Crippen molar-refractivity contribution in [2.45, 2.75) is 33.6 Å². The zero-order valence-electron chi connectivity index (χ0n) is 11.0. The molecule has 0 bridgehead atoms. The Morgan fingerprint density at radius 2 is 1.67 bits per heavy atom. The summed E-state index contributed by atoms with van der Waals surface area (Å²) in [4.78, 5) is 8.85. The average Bonchev–Trinajstić information content (AvgIpc) is 2.42. The first kappa shape index (κ1) is 13.0. The van der Waals surface area contributed by atoms with Crippen molar-refractivity contribution in [3.63, 3.8) is 0 Å². The van der Waals surface area contributed by atoms with Crippen LogP contribution >= 0.6 is 11.6 Å². The molecule has 0 amide bonds. The summed E-state index contributed by atoms with van der Waals surface area (Å²) in [6.45, 7) is 6.15. The van der Waals surface area contributed by atoms with Gasteiger partial charge in [0, 0.05) is 17.5 Å². The molecule has 2 rings (SSSR count).